The Labute approximate surface area is 158 Å². The van der Waals surface area contributed by atoms with Crippen molar-refractivity contribution in [1.82, 2.24) is 0 Å². The Bertz CT molecular complexity index is 1160. The molecule has 6 nitrogen and oxygen atoms in total. The van der Waals surface area contributed by atoms with Crippen molar-refractivity contribution in [2.45, 2.75) is 0 Å². The molecule has 7 heteroatoms. The molecular weight excluding hydrogens is 368 g/mol. The van der Waals surface area contributed by atoms with E-state index in [0.29, 0.717) is 0 Å². The number of ether oxygens (including phenoxy) is 1. The van der Waals surface area contributed by atoms with Crippen LogP contribution < -0.4 is 0 Å². The number of fused-ring (bicyclic) bond motifs is 1. The Morgan fingerprint density at radius 3 is 2.67 bits per heavy atom. The summed E-state index contributed by atoms with van der Waals surface area (Å²) in [4.78, 5) is 26.9. The minimum absolute atomic E-state index is 0.0554. The summed E-state index contributed by atoms with van der Waals surface area (Å²) in [5, 5.41) is 13.2. The minimum atomic E-state index is -0.638. The molecule has 0 spiro atoms. The molecule has 27 heavy (non-hydrogen) atoms. The zero-order valence-electron chi connectivity index (χ0n) is 13.8. The lowest BCUT2D eigenvalue weighted by atomic mass is 10.0. The van der Waals surface area contributed by atoms with Crippen molar-refractivity contribution in [1.29, 1.82) is 0 Å². The molecule has 132 valence electrons. The molecule has 4 rings (SSSR count). The zero-order valence-corrected chi connectivity index (χ0v) is 14.5. The van der Waals surface area contributed by atoms with E-state index in [1.54, 1.807) is 6.08 Å². The first-order valence-corrected chi connectivity index (χ1v) is 8.35. The van der Waals surface area contributed by atoms with E-state index >= 15 is 0 Å². The summed E-state index contributed by atoms with van der Waals surface area (Å²) in [6, 6.07) is 17.4. The summed E-state index contributed by atoms with van der Waals surface area (Å²) >= 11 is 6.10. The normalized spacial score (nSPS) is 15.1. The summed E-state index contributed by atoms with van der Waals surface area (Å²) in [5.74, 6) is -0.694. The number of non-ortho nitro benzene ring substituents is 1. The molecule has 1 heterocycles. The Morgan fingerprint density at radius 2 is 1.85 bits per heavy atom. The van der Waals surface area contributed by atoms with E-state index in [1.165, 1.54) is 18.2 Å². The summed E-state index contributed by atoms with van der Waals surface area (Å²) in [6.07, 6.45) is 1.63. The molecule has 3 aromatic carbocycles. The van der Waals surface area contributed by atoms with Crippen molar-refractivity contribution < 1.29 is 14.5 Å². The van der Waals surface area contributed by atoms with E-state index in [0.717, 1.165) is 16.3 Å². The minimum Gasteiger partial charge on any atom is -0.402 e. The SMILES string of the molecule is O=C1OC(c2cc([N+](=O)[O-])ccc2Cl)=NC1=Cc1cccc2ccccc12. The lowest BCUT2D eigenvalue weighted by Crippen LogP contribution is -2.06. The van der Waals surface area contributed by atoms with Crippen LogP contribution in [-0.4, -0.2) is 16.8 Å². The number of carbonyl (C=O) groups is 1. The molecule has 1 aliphatic rings. The number of benzene rings is 3. The van der Waals surface area contributed by atoms with Crippen molar-refractivity contribution in [3.05, 3.63) is 92.6 Å². The second-order valence-corrected chi connectivity index (χ2v) is 6.23. The standard InChI is InChI=1S/C20H11ClN2O4/c21-17-9-8-14(23(25)26)11-16(17)19-22-18(20(24)27-19)10-13-6-3-5-12-4-1-2-7-15(12)13/h1-11H. The van der Waals surface area contributed by atoms with Gasteiger partial charge in [0.15, 0.2) is 5.70 Å². The van der Waals surface area contributed by atoms with Crippen LogP contribution in [0.3, 0.4) is 0 Å². The molecule has 3 aromatic rings. The van der Waals surface area contributed by atoms with Gasteiger partial charge in [0.2, 0.25) is 5.90 Å². The van der Waals surface area contributed by atoms with Gasteiger partial charge in [-0.3, -0.25) is 10.1 Å². The first-order chi connectivity index (χ1) is 13.0. The Kier molecular flexibility index (Phi) is 4.18. The van der Waals surface area contributed by atoms with E-state index in [9.17, 15) is 14.9 Å². The predicted octanol–water partition coefficient (Wildman–Crippen LogP) is 4.75. The fourth-order valence-corrected chi connectivity index (χ4v) is 3.04. The first kappa shape index (κ1) is 16.9. The average Bonchev–Trinajstić information content (AvgIpc) is 3.02. The van der Waals surface area contributed by atoms with Gasteiger partial charge in [0.1, 0.15) is 0 Å². The van der Waals surface area contributed by atoms with Crippen molar-refractivity contribution in [2.24, 2.45) is 4.99 Å². The number of halogens is 1. The van der Waals surface area contributed by atoms with Gasteiger partial charge >= 0.3 is 5.97 Å². The largest absolute Gasteiger partial charge is 0.402 e. The highest BCUT2D eigenvalue weighted by atomic mass is 35.5. The molecule has 0 amide bonds. The molecule has 0 N–H and O–H groups in total. The van der Waals surface area contributed by atoms with Crippen molar-refractivity contribution in [2.75, 3.05) is 0 Å². The molecule has 0 radical (unpaired) electrons. The number of aliphatic imine (C=N–C) groups is 1. The Morgan fingerprint density at radius 1 is 1.07 bits per heavy atom. The van der Waals surface area contributed by atoms with E-state index < -0.39 is 10.9 Å². The maximum atomic E-state index is 12.2. The predicted molar refractivity (Wildman–Crippen MR) is 103 cm³/mol. The molecule has 0 saturated carbocycles. The summed E-state index contributed by atoms with van der Waals surface area (Å²) in [7, 11) is 0. The second-order valence-electron chi connectivity index (χ2n) is 5.83. The van der Waals surface area contributed by atoms with Crippen LogP contribution in [0.1, 0.15) is 11.1 Å². The number of hydrogen-bond donors (Lipinski definition) is 0. The molecule has 0 bridgehead atoms. The fourth-order valence-electron chi connectivity index (χ4n) is 2.84. The number of carbonyl (C=O) groups excluding carboxylic acids is 1. The molecule has 0 unspecified atom stereocenters. The van der Waals surface area contributed by atoms with Gasteiger partial charge in [-0.05, 0) is 28.5 Å². The van der Waals surface area contributed by atoms with Crippen LogP contribution >= 0.6 is 11.6 Å². The van der Waals surface area contributed by atoms with Crippen molar-refractivity contribution >= 4 is 46.0 Å². The maximum Gasteiger partial charge on any atom is 0.363 e. The number of esters is 1. The van der Waals surface area contributed by atoms with Crippen LogP contribution in [-0.2, 0) is 9.53 Å². The molecule has 0 fully saturated rings. The summed E-state index contributed by atoms with van der Waals surface area (Å²) in [6.45, 7) is 0. The molecule has 0 saturated heterocycles. The number of nitrogens with zero attached hydrogens (tertiary/aromatic N) is 2. The highest BCUT2D eigenvalue weighted by Gasteiger charge is 2.27. The number of nitro groups is 1. The van der Waals surface area contributed by atoms with Crippen LogP contribution in [0.15, 0.2) is 71.4 Å². The quantitative estimate of drug-likeness (QED) is 0.285. The molecule has 0 atom stereocenters. The van der Waals surface area contributed by atoms with E-state index in [1.807, 2.05) is 42.5 Å². The summed E-state index contributed by atoms with van der Waals surface area (Å²) in [5.41, 5.74) is 0.944. The average molecular weight is 379 g/mol. The van der Waals surface area contributed by atoms with Crippen LogP contribution in [0, 0.1) is 10.1 Å². The Balaban J connectivity index is 1.79. The highest BCUT2D eigenvalue weighted by molar-refractivity contribution is 6.34. The van der Waals surface area contributed by atoms with Gasteiger partial charge in [-0.25, -0.2) is 9.79 Å². The van der Waals surface area contributed by atoms with Gasteiger partial charge in [0, 0.05) is 12.1 Å². The first-order valence-electron chi connectivity index (χ1n) is 7.97. The maximum absolute atomic E-state index is 12.2. The summed E-state index contributed by atoms with van der Waals surface area (Å²) < 4.78 is 5.20. The fraction of sp³-hybridized carbons (Fsp3) is 0. The van der Waals surface area contributed by atoms with Gasteiger partial charge in [-0.15, -0.1) is 0 Å². The van der Waals surface area contributed by atoms with E-state index in [2.05, 4.69) is 4.99 Å². The number of cyclic esters (lactones) is 1. The molecule has 1 aliphatic heterocycles. The van der Waals surface area contributed by atoms with Gasteiger partial charge in [-0.2, -0.15) is 0 Å². The number of hydrogen-bond acceptors (Lipinski definition) is 5. The number of nitro benzene ring substituents is 1. The highest BCUT2D eigenvalue weighted by Crippen LogP contribution is 2.28. The van der Waals surface area contributed by atoms with Crippen molar-refractivity contribution in [3.63, 3.8) is 0 Å². The smallest absolute Gasteiger partial charge is 0.363 e. The molecule has 0 aromatic heterocycles. The number of rotatable bonds is 3. The van der Waals surface area contributed by atoms with Gasteiger partial charge < -0.3 is 4.74 Å². The van der Waals surface area contributed by atoms with Crippen LogP contribution in [0.4, 0.5) is 5.69 Å². The third-order valence-corrected chi connectivity index (χ3v) is 4.46. The second kappa shape index (κ2) is 6.66. The van der Waals surface area contributed by atoms with Crippen LogP contribution in [0.25, 0.3) is 16.8 Å². The third kappa shape index (κ3) is 3.18. The van der Waals surface area contributed by atoms with Gasteiger partial charge in [-0.1, -0.05) is 54.1 Å². The van der Waals surface area contributed by atoms with Crippen LogP contribution in [0.5, 0.6) is 0 Å². The van der Waals surface area contributed by atoms with Crippen molar-refractivity contribution in [3.8, 4) is 0 Å². The van der Waals surface area contributed by atoms with E-state index in [4.69, 9.17) is 16.3 Å². The lowest BCUT2D eigenvalue weighted by molar-refractivity contribution is -0.384. The third-order valence-electron chi connectivity index (χ3n) is 4.13. The molecular formula is C20H11ClN2O4. The van der Waals surface area contributed by atoms with Crippen LogP contribution in [0.2, 0.25) is 5.02 Å². The zero-order chi connectivity index (χ0) is 19.0. The van der Waals surface area contributed by atoms with E-state index in [-0.39, 0.29) is 27.9 Å². The van der Waals surface area contributed by atoms with Gasteiger partial charge in [0.25, 0.3) is 5.69 Å². The monoisotopic (exact) mass is 378 g/mol. The Hall–Kier alpha value is -3.51. The topological polar surface area (TPSA) is 81.8 Å². The van der Waals surface area contributed by atoms with Gasteiger partial charge in [0.05, 0.1) is 15.5 Å². The lowest BCUT2D eigenvalue weighted by Gasteiger charge is -2.02. The molecule has 0 aliphatic carbocycles.